The van der Waals surface area contributed by atoms with Crippen LogP contribution in [0.1, 0.15) is 44.2 Å². The molecule has 0 bridgehead atoms. The molecular weight excluding hydrogens is 200 g/mol. The molecule has 0 spiro atoms. The quantitative estimate of drug-likeness (QED) is 0.825. The molecule has 0 aliphatic heterocycles. The van der Waals surface area contributed by atoms with Crippen LogP contribution in [0.2, 0.25) is 0 Å². The fourth-order valence-corrected chi connectivity index (χ4v) is 1.83. The maximum Gasteiger partial charge on any atom is 0.303 e. The maximum absolute atomic E-state index is 10.6. The zero-order valence-electron chi connectivity index (χ0n) is 10.2. The average Bonchev–Trinajstić information content (AvgIpc) is 2.16. The van der Waals surface area contributed by atoms with E-state index in [2.05, 4.69) is 26.0 Å². The number of hydrogen-bond acceptors (Lipinski definition) is 1. The molecule has 0 radical (unpaired) electrons. The van der Waals surface area contributed by atoms with Gasteiger partial charge in [0, 0.05) is 0 Å². The average molecular weight is 220 g/mol. The van der Waals surface area contributed by atoms with Gasteiger partial charge in [0.1, 0.15) is 0 Å². The van der Waals surface area contributed by atoms with Gasteiger partial charge in [-0.15, -0.1) is 0 Å². The fraction of sp³-hybridized carbons (Fsp3) is 0.500. The predicted octanol–water partition coefficient (Wildman–Crippen LogP) is 3.46. The second kappa shape index (κ2) is 5.69. The van der Waals surface area contributed by atoms with Crippen molar-refractivity contribution >= 4 is 5.97 Å². The van der Waals surface area contributed by atoms with Gasteiger partial charge in [-0.25, -0.2) is 0 Å². The molecule has 0 heterocycles. The minimum atomic E-state index is -0.737. The minimum Gasteiger partial charge on any atom is -0.481 e. The van der Waals surface area contributed by atoms with Gasteiger partial charge in [0.25, 0.3) is 0 Å². The highest BCUT2D eigenvalue weighted by atomic mass is 16.4. The monoisotopic (exact) mass is 220 g/mol. The Kier molecular flexibility index (Phi) is 4.53. The third-order valence-electron chi connectivity index (χ3n) is 2.67. The first kappa shape index (κ1) is 12.8. The van der Waals surface area contributed by atoms with E-state index < -0.39 is 5.97 Å². The van der Waals surface area contributed by atoms with E-state index in [1.165, 1.54) is 5.56 Å². The lowest BCUT2D eigenvalue weighted by Gasteiger charge is -2.10. The second-order valence-corrected chi connectivity index (χ2v) is 4.84. The third kappa shape index (κ3) is 4.05. The molecule has 2 nitrogen and oxygen atoms in total. The largest absolute Gasteiger partial charge is 0.481 e. The topological polar surface area (TPSA) is 37.3 Å². The third-order valence-corrected chi connectivity index (χ3v) is 2.67. The van der Waals surface area contributed by atoms with E-state index in [1.807, 2.05) is 19.1 Å². The van der Waals surface area contributed by atoms with Crippen molar-refractivity contribution in [1.82, 2.24) is 0 Å². The molecule has 0 aromatic heterocycles. The van der Waals surface area contributed by atoms with Crippen molar-refractivity contribution < 1.29 is 9.90 Å². The van der Waals surface area contributed by atoms with Crippen molar-refractivity contribution in [2.45, 2.75) is 39.5 Å². The summed E-state index contributed by atoms with van der Waals surface area (Å²) in [5, 5.41) is 8.72. The highest BCUT2D eigenvalue weighted by molar-refractivity contribution is 5.67. The number of rotatable bonds is 5. The zero-order valence-corrected chi connectivity index (χ0v) is 10.2. The SMILES string of the molecule is CC(C)Cc1ccc(C(C)CC(=O)O)cc1. The zero-order chi connectivity index (χ0) is 12.1. The molecule has 0 saturated carbocycles. The van der Waals surface area contributed by atoms with E-state index in [0.717, 1.165) is 12.0 Å². The summed E-state index contributed by atoms with van der Waals surface area (Å²) < 4.78 is 0. The lowest BCUT2D eigenvalue weighted by molar-refractivity contribution is -0.137. The van der Waals surface area contributed by atoms with E-state index in [9.17, 15) is 4.79 Å². The van der Waals surface area contributed by atoms with Gasteiger partial charge < -0.3 is 5.11 Å². The van der Waals surface area contributed by atoms with E-state index in [0.29, 0.717) is 5.92 Å². The summed E-state index contributed by atoms with van der Waals surface area (Å²) in [4.78, 5) is 10.6. The molecule has 0 saturated heterocycles. The Morgan fingerprint density at radius 1 is 1.19 bits per heavy atom. The Balaban J connectivity index is 2.66. The van der Waals surface area contributed by atoms with Gasteiger partial charge >= 0.3 is 5.97 Å². The van der Waals surface area contributed by atoms with Crippen molar-refractivity contribution in [3.8, 4) is 0 Å². The standard InChI is InChI=1S/C14H20O2/c1-10(2)8-12-4-6-13(7-5-12)11(3)9-14(15)16/h4-7,10-11H,8-9H2,1-3H3,(H,15,16). The summed E-state index contributed by atoms with van der Waals surface area (Å²) in [5.41, 5.74) is 2.43. The minimum absolute atomic E-state index is 0.0885. The summed E-state index contributed by atoms with van der Waals surface area (Å²) in [7, 11) is 0. The molecule has 0 aliphatic carbocycles. The molecule has 1 atom stereocenters. The fourth-order valence-electron chi connectivity index (χ4n) is 1.83. The summed E-state index contributed by atoms with van der Waals surface area (Å²) >= 11 is 0. The molecule has 2 heteroatoms. The molecule has 1 unspecified atom stereocenters. The molecule has 16 heavy (non-hydrogen) atoms. The molecule has 1 aromatic rings. The summed E-state index contributed by atoms with van der Waals surface area (Å²) in [6.45, 7) is 6.34. The van der Waals surface area contributed by atoms with Crippen molar-refractivity contribution in [2.24, 2.45) is 5.92 Å². The van der Waals surface area contributed by atoms with Crippen LogP contribution in [0, 0.1) is 5.92 Å². The first-order valence-corrected chi connectivity index (χ1v) is 5.79. The van der Waals surface area contributed by atoms with Gasteiger partial charge in [-0.2, -0.15) is 0 Å². The van der Waals surface area contributed by atoms with Crippen LogP contribution >= 0.6 is 0 Å². The number of carboxylic acids is 1. The van der Waals surface area contributed by atoms with Gasteiger partial charge in [0.2, 0.25) is 0 Å². The molecular formula is C14H20O2. The first-order valence-electron chi connectivity index (χ1n) is 5.79. The molecule has 0 amide bonds. The Labute approximate surface area is 97.3 Å². The molecule has 0 aliphatic rings. The van der Waals surface area contributed by atoms with Crippen molar-refractivity contribution in [1.29, 1.82) is 0 Å². The van der Waals surface area contributed by atoms with Crippen LogP contribution in [0.15, 0.2) is 24.3 Å². The van der Waals surface area contributed by atoms with Crippen molar-refractivity contribution in [2.75, 3.05) is 0 Å². The summed E-state index contributed by atoms with van der Waals surface area (Å²) in [5.74, 6) is 0.00616. The normalized spacial score (nSPS) is 12.8. The number of benzene rings is 1. The molecule has 88 valence electrons. The van der Waals surface area contributed by atoms with E-state index in [1.54, 1.807) is 0 Å². The van der Waals surface area contributed by atoms with Gasteiger partial charge in [-0.05, 0) is 29.4 Å². The maximum atomic E-state index is 10.6. The Hall–Kier alpha value is -1.31. The molecule has 1 rings (SSSR count). The van der Waals surface area contributed by atoms with Crippen molar-refractivity contribution in [3.63, 3.8) is 0 Å². The highest BCUT2D eigenvalue weighted by Crippen LogP contribution is 2.20. The second-order valence-electron chi connectivity index (χ2n) is 4.84. The van der Waals surface area contributed by atoms with Crippen LogP contribution < -0.4 is 0 Å². The Bertz CT molecular complexity index is 338. The number of carboxylic acid groups (broad SMARTS) is 1. The van der Waals surface area contributed by atoms with E-state index >= 15 is 0 Å². The van der Waals surface area contributed by atoms with Gasteiger partial charge in [-0.3, -0.25) is 4.79 Å². The predicted molar refractivity (Wildman–Crippen MR) is 65.7 cm³/mol. The van der Waals surface area contributed by atoms with Crippen LogP contribution in [0.4, 0.5) is 0 Å². The molecule has 1 aromatic carbocycles. The van der Waals surface area contributed by atoms with E-state index in [4.69, 9.17) is 5.11 Å². The van der Waals surface area contributed by atoms with Crippen LogP contribution in [-0.4, -0.2) is 11.1 Å². The molecule has 1 N–H and O–H groups in total. The Morgan fingerprint density at radius 2 is 1.75 bits per heavy atom. The van der Waals surface area contributed by atoms with Gasteiger partial charge in [0.05, 0.1) is 6.42 Å². The smallest absolute Gasteiger partial charge is 0.303 e. The number of carbonyl (C=O) groups is 1. The van der Waals surface area contributed by atoms with Crippen LogP contribution in [0.25, 0.3) is 0 Å². The van der Waals surface area contributed by atoms with E-state index in [-0.39, 0.29) is 12.3 Å². The Morgan fingerprint density at radius 3 is 2.19 bits per heavy atom. The first-order chi connectivity index (χ1) is 7.49. The van der Waals surface area contributed by atoms with Crippen LogP contribution in [0.5, 0.6) is 0 Å². The summed E-state index contributed by atoms with van der Waals surface area (Å²) in [6, 6.07) is 8.30. The van der Waals surface area contributed by atoms with Gasteiger partial charge in [-0.1, -0.05) is 45.0 Å². The lowest BCUT2D eigenvalue weighted by atomic mass is 9.95. The van der Waals surface area contributed by atoms with Crippen LogP contribution in [0.3, 0.4) is 0 Å². The summed E-state index contributed by atoms with van der Waals surface area (Å²) in [6.07, 6.45) is 1.27. The number of aliphatic carboxylic acids is 1. The van der Waals surface area contributed by atoms with Crippen LogP contribution in [-0.2, 0) is 11.2 Å². The lowest BCUT2D eigenvalue weighted by Crippen LogP contribution is -2.03. The number of hydrogen-bond donors (Lipinski definition) is 1. The molecule has 0 fully saturated rings. The van der Waals surface area contributed by atoms with Gasteiger partial charge in [0.15, 0.2) is 0 Å². The van der Waals surface area contributed by atoms with Crippen molar-refractivity contribution in [3.05, 3.63) is 35.4 Å². The highest BCUT2D eigenvalue weighted by Gasteiger charge is 2.09.